The van der Waals surface area contributed by atoms with Gasteiger partial charge in [0.15, 0.2) is 0 Å². The van der Waals surface area contributed by atoms with Gasteiger partial charge in [-0.2, -0.15) is 0 Å². The summed E-state index contributed by atoms with van der Waals surface area (Å²) in [5.74, 6) is 1.10. The van der Waals surface area contributed by atoms with Gasteiger partial charge in [-0.1, -0.05) is 25.7 Å². The van der Waals surface area contributed by atoms with Gasteiger partial charge in [-0.25, -0.2) is 4.39 Å². The predicted octanol–water partition coefficient (Wildman–Crippen LogP) is 3.43. The molecule has 0 radical (unpaired) electrons. The van der Waals surface area contributed by atoms with Crippen molar-refractivity contribution in [3.63, 3.8) is 0 Å². The standard InChI is InChI=1S/C24H40FN3O2/c1-16-18(19-6-3-5-9-22(19)27-16)10-13-26-23(29)17-11-14-28(15-12-17)24(30)20-7-2-4-8-21(20)25/h16-22,27H,2-15H2,1H3,(H,26,29). The lowest BCUT2D eigenvalue weighted by atomic mass is 9.77. The van der Waals surface area contributed by atoms with Crippen LogP contribution in [0.3, 0.4) is 0 Å². The van der Waals surface area contributed by atoms with Crippen LogP contribution in [-0.2, 0) is 9.59 Å². The molecule has 4 rings (SSSR count). The highest BCUT2D eigenvalue weighted by molar-refractivity contribution is 5.81. The number of rotatable bonds is 5. The Bertz CT molecular complexity index is 607. The molecule has 2 saturated carbocycles. The Hall–Kier alpha value is -1.17. The van der Waals surface area contributed by atoms with Crippen molar-refractivity contribution in [1.82, 2.24) is 15.5 Å². The van der Waals surface area contributed by atoms with Crippen molar-refractivity contribution in [1.29, 1.82) is 0 Å². The van der Waals surface area contributed by atoms with Crippen LogP contribution in [0.25, 0.3) is 0 Å². The average Bonchev–Trinajstić information content (AvgIpc) is 3.09. The summed E-state index contributed by atoms with van der Waals surface area (Å²) in [7, 11) is 0. The molecule has 0 spiro atoms. The largest absolute Gasteiger partial charge is 0.356 e. The van der Waals surface area contributed by atoms with E-state index in [0.717, 1.165) is 31.7 Å². The highest BCUT2D eigenvalue weighted by atomic mass is 19.1. The second-order valence-electron chi connectivity index (χ2n) is 10.3. The van der Waals surface area contributed by atoms with Crippen LogP contribution in [-0.4, -0.2) is 54.6 Å². The van der Waals surface area contributed by atoms with Gasteiger partial charge >= 0.3 is 0 Å². The minimum atomic E-state index is -0.983. The number of fused-ring (bicyclic) bond motifs is 1. The van der Waals surface area contributed by atoms with Gasteiger partial charge in [-0.05, 0) is 63.7 Å². The molecule has 0 aromatic heterocycles. The number of halogens is 1. The van der Waals surface area contributed by atoms with Gasteiger partial charge < -0.3 is 15.5 Å². The van der Waals surface area contributed by atoms with Crippen LogP contribution in [0.5, 0.6) is 0 Å². The lowest BCUT2D eigenvalue weighted by molar-refractivity contribution is -0.142. The van der Waals surface area contributed by atoms with E-state index in [1.54, 1.807) is 4.90 Å². The molecule has 5 nitrogen and oxygen atoms in total. The Morgan fingerprint density at radius 1 is 1.00 bits per heavy atom. The molecule has 4 fully saturated rings. The third-order valence-corrected chi connectivity index (χ3v) is 8.44. The lowest BCUT2D eigenvalue weighted by Crippen LogP contribution is -2.47. The number of carbonyl (C=O) groups is 2. The van der Waals surface area contributed by atoms with Crippen LogP contribution in [0.2, 0.25) is 0 Å². The molecule has 2 aliphatic heterocycles. The Kier molecular flexibility index (Phi) is 7.32. The third-order valence-electron chi connectivity index (χ3n) is 8.44. The first-order valence-electron chi connectivity index (χ1n) is 12.5. The third kappa shape index (κ3) is 4.84. The van der Waals surface area contributed by atoms with Crippen LogP contribution >= 0.6 is 0 Å². The maximum absolute atomic E-state index is 14.1. The molecule has 170 valence electrons. The minimum absolute atomic E-state index is 0.0110. The molecule has 2 amide bonds. The van der Waals surface area contributed by atoms with E-state index in [2.05, 4.69) is 17.6 Å². The van der Waals surface area contributed by atoms with Crippen molar-refractivity contribution in [2.24, 2.45) is 23.7 Å². The number of hydrogen-bond donors (Lipinski definition) is 2. The number of amides is 2. The summed E-state index contributed by atoms with van der Waals surface area (Å²) in [6.45, 7) is 4.23. The summed E-state index contributed by atoms with van der Waals surface area (Å²) < 4.78 is 14.1. The number of nitrogens with zero attached hydrogens (tertiary/aromatic N) is 1. The van der Waals surface area contributed by atoms with Gasteiger partial charge in [-0.15, -0.1) is 0 Å². The summed E-state index contributed by atoms with van der Waals surface area (Å²) in [6.07, 6.45) is 9.84. The predicted molar refractivity (Wildman–Crippen MR) is 116 cm³/mol. The zero-order valence-corrected chi connectivity index (χ0v) is 18.6. The Balaban J connectivity index is 1.18. The average molecular weight is 422 g/mol. The van der Waals surface area contributed by atoms with Gasteiger partial charge in [0, 0.05) is 37.6 Å². The number of carbonyl (C=O) groups excluding carboxylic acids is 2. The summed E-state index contributed by atoms with van der Waals surface area (Å²) in [6, 6.07) is 1.23. The fourth-order valence-corrected chi connectivity index (χ4v) is 6.64. The normalized spacial score (nSPS) is 37.6. The monoisotopic (exact) mass is 421 g/mol. The lowest BCUT2D eigenvalue weighted by Gasteiger charge is -2.35. The molecule has 4 aliphatic rings. The van der Waals surface area contributed by atoms with Gasteiger partial charge in [0.05, 0.1) is 5.92 Å². The van der Waals surface area contributed by atoms with Gasteiger partial charge in [0.25, 0.3) is 0 Å². The number of piperidine rings is 1. The molecule has 2 heterocycles. The zero-order chi connectivity index (χ0) is 21.1. The maximum atomic E-state index is 14.1. The molecular weight excluding hydrogens is 381 g/mol. The number of nitrogens with one attached hydrogen (secondary N) is 2. The Labute approximate surface area is 180 Å². The zero-order valence-electron chi connectivity index (χ0n) is 18.6. The van der Waals surface area contributed by atoms with Crippen LogP contribution < -0.4 is 10.6 Å². The highest BCUT2D eigenvalue weighted by Crippen LogP contribution is 2.39. The van der Waals surface area contributed by atoms with E-state index < -0.39 is 12.1 Å². The van der Waals surface area contributed by atoms with Crippen LogP contribution in [0, 0.1) is 23.7 Å². The van der Waals surface area contributed by atoms with Crippen LogP contribution in [0.1, 0.15) is 77.6 Å². The Morgan fingerprint density at radius 2 is 1.70 bits per heavy atom. The number of likely N-dealkylation sites (tertiary alicyclic amines) is 1. The Morgan fingerprint density at radius 3 is 2.47 bits per heavy atom. The summed E-state index contributed by atoms with van der Waals surface area (Å²) in [5.41, 5.74) is 0. The molecule has 2 saturated heterocycles. The minimum Gasteiger partial charge on any atom is -0.356 e. The molecule has 0 aromatic rings. The van der Waals surface area contributed by atoms with E-state index in [9.17, 15) is 14.0 Å². The van der Waals surface area contributed by atoms with Crippen molar-refractivity contribution in [3.8, 4) is 0 Å². The molecule has 0 aromatic carbocycles. The SMILES string of the molecule is CC1NC2CCCCC2C1CCNC(=O)C1CCN(C(=O)C2CCCCC2F)CC1. The fourth-order valence-electron chi connectivity index (χ4n) is 6.64. The van der Waals surface area contributed by atoms with Crippen molar-refractivity contribution in [3.05, 3.63) is 0 Å². The molecular formula is C24H40FN3O2. The molecule has 2 N–H and O–H groups in total. The van der Waals surface area contributed by atoms with Gasteiger partial charge in [0.2, 0.25) is 11.8 Å². The molecule has 6 heteroatoms. The van der Waals surface area contributed by atoms with Crippen molar-refractivity contribution < 1.29 is 14.0 Å². The van der Waals surface area contributed by atoms with Gasteiger partial charge in [-0.3, -0.25) is 9.59 Å². The first kappa shape index (κ1) is 22.0. The second kappa shape index (κ2) is 9.97. The van der Waals surface area contributed by atoms with Crippen LogP contribution in [0.15, 0.2) is 0 Å². The van der Waals surface area contributed by atoms with E-state index in [0.29, 0.717) is 56.8 Å². The molecule has 30 heavy (non-hydrogen) atoms. The van der Waals surface area contributed by atoms with Crippen molar-refractivity contribution in [2.75, 3.05) is 19.6 Å². The first-order chi connectivity index (χ1) is 14.5. The number of hydrogen-bond acceptors (Lipinski definition) is 3. The quantitative estimate of drug-likeness (QED) is 0.715. The van der Waals surface area contributed by atoms with E-state index in [4.69, 9.17) is 0 Å². The summed E-state index contributed by atoms with van der Waals surface area (Å²) >= 11 is 0. The van der Waals surface area contributed by atoms with Crippen molar-refractivity contribution in [2.45, 2.75) is 95.8 Å². The highest BCUT2D eigenvalue weighted by Gasteiger charge is 2.41. The molecule has 2 aliphatic carbocycles. The fraction of sp³-hybridized carbons (Fsp3) is 0.917. The van der Waals surface area contributed by atoms with E-state index >= 15 is 0 Å². The molecule has 6 unspecified atom stereocenters. The van der Waals surface area contributed by atoms with E-state index in [1.807, 2.05) is 0 Å². The number of alkyl halides is 1. The van der Waals surface area contributed by atoms with E-state index in [-0.39, 0.29) is 17.7 Å². The smallest absolute Gasteiger partial charge is 0.228 e. The van der Waals surface area contributed by atoms with Crippen molar-refractivity contribution >= 4 is 11.8 Å². The summed E-state index contributed by atoms with van der Waals surface area (Å²) in [4.78, 5) is 27.2. The van der Waals surface area contributed by atoms with E-state index in [1.165, 1.54) is 25.7 Å². The van der Waals surface area contributed by atoms with Gasteiger partial charge in [0.1, 0.15) is 6.17 Å². The summed E-state index contributed by atoms with van der Waals surface area (Å²) in [5, 5.41) is 6.96. The topological polar surface area (TPSA) is 61.4 Å². The first-order valence-corrected chi connectivity index (χ1v) is 12.5. The molecule has 6 atom stereocenters. The second-order valence-corrected chi connectivity index (χ2v) is 10.3. The molecule has 0 bridgehead atoms. The maximum Gasteiger partial charge on any atom is 0.228 e. The van der Waals surface area contributed by atoms with Crippen LogP contribution in [0.4, 0.5) is 4.39 Å².